The fraction of sp³-hybridized carbons (Fsp3) is 0.321. The molecule has 1 saturated heterocycles. The smallest absolute Gasteiger partial charge is 0.399 e. The van der Waals surface area contributed by atoms with E-state index >= 15 is 26.3 Å². The second-order valence-corrected chi connectivity index (χ2v) is 19.0. The summed E-state index contributed by atoms with van der Waals surface area (Å²) in [6.45, 7) is 14.5. The Labute approximate surface area is 359 Å². The lowest BCUT2D eigenvalue weighted by molar-refractivity contribution is -0.172. The number of hydrogen-bond acceptors (Lipinski definition) is 2. The van der Waals surface area contributed by atoms with E-state index in [2.05, 4.69) is 38.1 Å². The normalized spacial score (nSPS) is 22.2. The Morgan fingerprint density at radius 2 is 0.806 bits per heavy atom. The second kappa shape index (κ2) is 13.0. The van der Waals surface area contributed by atoms with Crippen LogP contribution < -0.4 is 5.46 Å². The summed E-state index contributed by atoms with van der Waals surface area (Å²) in [5, 5.41) is 0. The van der Waals surface area contributed by atoms with Gasteiger partial charge in [-0.25, -0.2) is 0 Å². The molecule has 3 aliphatic carbocycles. The van der Waals surface area contributed by atoms with Crippen molar-refractivity contribution in [3.05, 3.63) is 149 Å². The molecule has 0 N–H and O–H groups in total. The van der Waals surface area contributed by atoms with Crippen molar-refractivity contribution in [2.45, 2.75) is 108 Å². The first kappa shape index (κ1) is 40.9. The van der Waals surface area contributed by atoms with Crippen molar-refractivity contribution in [3.63, 3.8) is 0 Å². The minimum Gasteiger partial charge on any atom is -0.399 e. The Balaban J connectivity index is 1.07. The number of rotatable bonds is 5. The largest absolute Gasteiger partial charge is 0.494 e. The number of benzene rings is 6. The Bertz CT molecular complexity index is 2850. The molecule has 2 atom stereocenters. The third-order valence-electron chi connectivity index (χ3n) is 15.6. The highest BCUT2D eigenvalue weighted by molar-refractivity contribution is 6.62. The van der Waals surface area contributed by atoms with Crippen LogP contribution in [0.1, 0.15) is 102 Å². The Morgan fingerprint density at radius 1 is 0.419 bits per heavy atom. The van der Waals surface area contributed by atoms with Crippen molar-refractivity contribution in [2.75, 3.05) is 0 Å². The third-order valence-corrected chi connectivity index (χ3v) is 15.6. The van der Waals surface area contributed by atoms with Gasteiger partial charge in [-0.05, 0) is 173 Å². The zero-order valence-electron chi connectivity index (χ0n) is 36.0. The van der Waals surface area contributed by atoms with Crippen LogP contribution in [-0.4, -0.2) is 30.7 Å². The molecule has 0 aromatic heterocycles. The van der Waals surface area contributed by atoms with Gasteiger partial charge in [0.2, 0.25) is 0 Å². The summed E-state index contributed by atoms with van der Waals surface area (Å²) >= 11 is 0. The molecule has 2 nitrogen and oxygen atoms in total. The van der Waals surface area contributed by atoms with Crippen molar-refractivity contribution >= 4 is 12.6 Å². The van der Waals surface area contributed by atoms with Crippen LogP contribution in [0.2, 0.25) is 0 Å². The van der Waals surface area contributed by atoms with Gasteiger partial charge < -0.3 is 9.31 Å². The third kappa shape index (κ3) is 5.27. The van der Waals surface area contributed by atoms with Gasteiger partial charge in [-0.3, -0.25) is 0 Å². The first-order chi connectivity index (χ1) is 29.1. The molecule has 4 aliphatic rings. The first-order valence-corrected chi connectivity index (χ1v) is 21.4. The lowest BCUT2D eigenvalue weighted by atomic mass is 9.73. The van der Waals surface area contributed by atoms with E-state index in [9.17, 15) is 0 Å². The summed E-state index contributed by atoms with van der Waals surface area (Å²) in [4.78, 5) is 0. The zero-order chi connectivity index (χ0) is 44.2. The molecule has 1 fully saturated rings. The van der Waals surface area contributed by atoms with E-state index in [1.54, 1.807) is 60.7 Å². The Hall–Kier alpha value is -5.12. The van der Waals surface area contributed by atoms with Gasteiger partial charge in [0.05, 0.1) is 11.2 Å². The van der Waals surface area contributed by atoms with Gasteiger partial charge in [-0.2, -0.15) is 26.3 Å². The molecule has 316 valence electrons. The quantitative estimate of drug-likeness (QED) is 0.127. The van der Waals surface area contributed by atoms with Crippen molar-refractivity contribution in [2.24, 2.45) is 0 Å². The lowest BCUT2D eigenvalue weighted by Gasteiger charge is -2.32. The van der Waals surface area contributed by atoms with E-state index in [1.165, 1.54) is 13.8 Å². The van der Waals surface area contributed by atoms with Crippen LogP contribution in [0.15, 0.2) is 115 Å². The molecule has 1 heterocycles. The van der Waals surface area contributed by atoms with Crippen molar-refractivity contribution in [1.82, 2.24) is 0 Å². The molecule has 0 bridgehead atoms. The molecule has 9 heteroatoms. The van der Waals surface area contributed by atoms with Gasteiger partial charge in [0, 0.05) is 5.41 Å². The van der Waals surface area contributed by atoms with E-state index < -0.39 is 41.5 Å². The van der Waals surface area contributed by atoms with Gasteiger partial charge in [0.1, 0.15) is 10.8 Å². The van der Waals surface area contributed by atoms with Crippen molar-refractivity contribution in [3.8, 4) is 55.6 Å². The number of alkyl halides is 6. The van der Waals surface area contributed by atoms with Crippen LogP contribution in [0.4, 0.5) is 26.3 Å². The minimum atomic E-state index is -4.62. The van der Waals surface area contributed by atoms with E-state index in [1.807, 2.05) is 58.0 Å². The molecular formula is C53H47BF6O2. The van der Waals surface area contributed by atoms with Crippen molar-refractivity contribution in [1.29, 1.82) is 0 Å². The maximum atomic E-state index is 15.6. The topological polar surface area (TPSA) is 18.5 Å². The van der Waals surface area contributed by atoms with Crippen LogP contribution in [0.25, 0.3) is 55.6 Å². The average molecular weight is 841 g/mol. The summed E-state index contributed by atoms with van der Waals surface area (Å²) in [7, 11) is -0.810. The predicted molar refractivity (Wildman–Crippen MR) is 236 cm³/mol. The molecule has 10 rings (SSSR count). The Morgan fingerprint density at radius 3 is 1.27 bits per heavy atom. The van der Waals surface area contributed by atoms with Crippen LogP contribution in [0.5, 0.6) is 0 Å². The first-order valence-electron chi connectivity index (χ1n) is 21.4. The molecule has 0 spiro atoms. The summed E-state index contributed by atoms with van der Waals surface area (Å²) in [6.07, 6.45) is -7.50. The molecular weight excluding hydrogens is 793 g/mol. The summed E-state index contributed by atoms with van der Waals surface area (Å²) in [6, 6.07) is 35.1. The van der Waals surface area contributed by atoms with E-state index in [0.717, 1.165) is 46.2 Å². The minimum absolute atomic E-state index is 0.168. The predicted octanol–water partition coefficient (Wildman–Crippen LogP) is 14.1. The van der Waals surface area contributed by atoms with Gasteiger partial charge in [-0.15, -0.1) is 0 Å². The van der Waals surface area contributed by atoms with E-state index in [4.69, 9.17) is 9.31 Å². The monoisotopic (exact) mass is 840 g/mol. The van der Waals surface area contributed by atoms with E-state index in [0.29, 0.717) is 38.8 Å². The van der Waals surface area contributed by atoms with Gasteiger partial charge >= 0.3 is 19.5 Å². The molecule has 6 aromatic rings. The highest BCUT2D eigenvalue weighted by Crippen LogP contribution is 2.60. The maximum Gasteiger partial charge on any atom is 0.494 e. The van der Waals surface area contributed by atoms with Crippen molar-refractivity contribution < 1.29 is 35.7 Å². The summed E-state index contributed by atoms with van der Waals surface area (Å²) in [5.41, 5.74) is 4.70. The zero-order valence-corrected chi connectivity index (χ0v) is 36.0. The fourth-order valence-electron chi connectivity index (χ4n) is 11.0. The molecule has 0 amide bonds. The SMILES string of the molecule is CCC1(CC)c2ccc(-c3ccc4c(c3)C(C)(C(F)(F)F)c3ccccc3-4)cc2-c2cc(-c3ccc4c(c3)C(C)(C(F)(F)F)c3cc(B5OC(C)(C)C(C)(C)O5)ccc3-4)ccc21. The van der Waals surface area contributed by atoms with Crippen LogP contribution in [0, 0.1) is 0 Å². The lowest BCUT2D eigenvalue weighted by Crippen LogP contribution is -2.41. The molecule has 0 radical (unpaired) electrons. The van der Waals surface area contributed by atoms with Gasteiger partial charge in [-0.1, -0.05) is 105 Å². The summed E-state index contributed by atoms with van der Waals surface area (Å²) in [5.74, 6) is 0. The van der Waals surface area contributed by atoms with Gasteiger partial charge in [0.15, 0.2) is 0 Å². The van der Waals surface area contributed by atoms with Crippen LogP contribution >= 0.6 is 0 Å². The highest BCUT2D eigenvalue weighted by Gasteiger charge is 2.60. The van der Waals surface area contributed by atoms with E-state index in [-0.39, 0.29) is 27.7 Å². The standard InChI is InChI=1S/C53H47BF6O2/c1-9-51(10-2)42-23-17-30(32-15-20-36-35-13-11-12-14-41(35)49(7,44(36)27-32)52(55,56)57)25-39(42)40-26-31(18-24-43(40)51)33-16-21-37-38-22-19-34(54-61-47(3,4)48(5,6)62-54)29-46(38)50(8,45(37)28-33)53(58,59)60/h11-29H,9-10H2,1-8H3. The summed E-state index contributed by atoms with van der Waals surface area (Å²) < 4.78 is 104. The second-order valence-electron chi connectivity index (χ2n) is 19.0. The van der Waals surface area contributed by atoms with Gasteiger partial charge in [0.25, 0.3) is 0 Å². The molecule has 1 aliphatic heterocycles. The molecule has 2 unspecified atom stereocenters. The molecule has 0 saturated carbocycles. The number of fused-ring (bicyclic) bond motifs is 9. The number of halogens is 6. The number of hydrogen-bond donors (Lipinski definition) is 0. The highest BCUT2D eigenvalue weighted by atomic mass is 19.4. The fourth-order valence-corrected chi connectivity index (χ4v) is 11.0. The van der Waals surface area contributed by atoms with Crippen LogP contribution in [0.3, 0.4) is 0 Å². The maximum absolute atomic E-state index is 15.6. The molecule has 62 heavy (non-hydrogen) atoms. The Kier molecular flexibility index (Phi) is 8.57. The average Bonchev–Trinajstić information content (AvgIpc) is 3.85. The molecule has 6 aromatic carbocycles. The van der Waals surface area contributed by atoms with Crippen LogP contribution in [-0.2, 0) is 25.6 Å².